The van der Waals surface area contributed by atoms with Crippen molar-refractivity contribution in [1.29, 1.82) is 0 Å². The number of tetrazole rings is 1. The van der Waals surface area contributed by atoms with Crippen molar-refractivity contribution in [2.45, 2.75) is 31.3 Å². The fourth-order valence-electron chi connectivity index (χ4n) is 1.38. The number of rotatable bonds is 3. The van der Waals surface area contributed by atoms with Crippen LogP contribution < -0.4 is 11.1 Å². The highest BCUT2D eigenvalue weighted by atomic mass is 16.2. The van der Waals surface area contributed by atoms with Gasteiger partial charge >= 0.3 is 0 Å². The van der Waals surface area contributed by atoms with Crippen molar-refractivity contribution >= 4 is 5.91 Å². The van der Waals surface area contributed by atoms with Gasteiger partial charge in [0.2, 0.25) is 5.91 Å². The zero-order valence-electron chi connectivity index (χ0n) is 7.66. The van der Waals surface area contributed by atoms with Crippen molar-refractivity contribution in [2.75, 3.05) is 0 Å². The van der Waals surface area contributed by atoms with Crippen LogP contribution in [0.5, 0.6) is 0 Å². The van der Waals surface area contributed by atoms with Gasteiger partial charge in [0.05, 0.1) is 12.1 Å². The van der Waals surface area contributed by atoms with Gasteiger partial charge in [0.15, 0.2) is 5.82 Å². The van der Waals surface area contributed by atoms with Crippen molar-refractivity contribution in [3.63, 3.8) is 0 Å². The molecule has 0 spiro atoms. The van der Waals surface area contributed by atoms with Crippen LogP contribution >= 0.6 is 0 Å². The molecule has 0 bridgehead atoms. The van der Waals surface area contributed by atoms with Gasteiger partial charge in [-0.15, -0.1) is 10.2 Å². The minimum Gasteiger partial charge on any atom is -0.347 e. The number of carbonyl (C=O) groups is 1. The van der Waals surface area contributed by atoms with Crippen LogP contribution in [-0.4, -0.2) is 32.1 Å². The number of aromatic amines is 1. The van der Waals surface area contributed by atoms with Gasteiger partial charge in [-0.3, -0.25) is 4.79 Å². The number of hydrogen-bond acceptors (Lipinski definition) is 5. The molecular weight excluding hydrogens is 184 g/mol. The Morgan fingerprint density at radius 1 is 1.64 bits per heavy atom. The number of nitrogens with zero attached hydrogens (tertiary/aromatic N) is 3. The molecule has 1 saturated carbocycles. The fraction of sp³-hybridized carbons (Fsp3) is 0.714. The van der Waals surface area contributed by atoms with E-state index in [2.05, 4.69) is 25.9 Å². The second kappa shape index (κ2) is 3.33. The standard InChI is InChI=1S/C7H12N6O/c8-7(2-1-3-7)6(14)9-4-5-10-12-13-11-5/h1-4,8H2,(H,9,14)(H,10,11,12,13). The van der Waals surface area contributed by atoms with E-state index in [0.29, 0.717) is 5.82 Å². The van der Waals surface area contributed by atoms with E-state index < -0.39 is 5.54 Å². The topological polar surface area (TPSA) is 110 Å². The summed E-state index contributed by atoms with van der Waals surface area (Å²) in [5.41, 5.74) is 5.15. The Balaban J connectivity index is 1.84. The second-order valence-electron chi connectivity index (χ2n) is 3.52. The maximum atomic E-state index is 11.5. The van der Waals surface area contributed by atoms with Gasteiger partial charge in [-0.05, 0) is 19.3 Å². The number of aromatic nitrogens is 4. The summed E-state index contributed by atoms with van der Waals surface area (Å²) < 4.78 is 0. The Hall–Kier alpha value is -1.50. The first-order valence-corrected chi connectivity index (χ1v) is 4.50. The van der Waals surface area contributed by atoms with Crippen LogP contribution in [0.4, 0.5) is 0 Å². The Labute approximate surface area is 80.4 Å². The number of hydrogen-bond donors (Lipinski definition) is 3. The van der Waals surface area contributed by atoms with E-state index in [4.69, 9.17) is 5.73 Å². The lowest BCUT2D eigenvalue weighted by Gasteiger charge is -2.35. The molecule has 1 aliphatic rings. The third kappa shape index (κ3) is 1.58. The first-order valence-electron chi connectivity index (χ1n) is 4.50. The smallest absolute Gasteiger partial charge is 0.240 e. The predicted molar refractivity (Wildman–Crippen MR) is 46.8 cm³/mol. The van der Waals surface area contributed by atoms with E-state index in [1.54, 1.807) is 0 Å². The number of nitrogens with one attached hydrogen (secondary N) is 2. The lowest BCUT2D eigenvalue weighted by molar-refractivity contribution is -0.129. The molecule has 1 amide bonds. The van der Waals surface area contributed by atoms with Crippen LogP contribution in [-0.2, 0) is 11.3 Å². The molecule has 0 atom stereocenters. The zero-order valence-corrected chi connectivity index (χ0v) is 7.66. The van der Waals surface area contributed by atoms with Crippen LogP contribution in [0.25, 0.3) is 0 Å². The normalized spacial score (nSPS) is 18.6. The summed E-state index contributed by atoms with van der Waals surface area (Å²) >= 11 is 0. The summed E-state index contributed by atoms with van der Waals surface area (Å²) in [4.78, 5) is 11.5. The SMILES string of the molecule is NC1(C(=O)NCc2nn[nH]n2)CCC1. The number of nitrogens with two attached hydrogens (primary N) is 1. The van der Waals surface area contributed by atoms with E-state index in [0.717, 1.165) is 19.3 Å². The highest BCUT2D eigenvalue weighted by Crippen LogP contribution is 2.28. The molecular formula is C7H12N6O. The molecule has 1 aliphatic carbocycles. The average molecular weight is 196 g/mol. The van der Waals surface area contributed by atoms with Gasteiger partial charge < -0.3 is 11.1 Å². The van der Waals surface area contributed by atoms with Crippen molar-refractivity contribution in [1.82, 2.24) is 25.9 Å². The average Bonchev–Trinajstić information content (AvgIpc) is 2.62. The molecule has 1 aromatic rings. The van der Waals surface area contributed by atoms with Crippen molar-refractivity contribution in [3.05, 3.63) is 5.82 Å². The maximum absolute atomic E-state index is 11.5. The molecule has 0 radical (unpaired) electrons. The van der Waals surface area contributed by atoms with E-state index >= 15 is 0 Å². The fourth-order valence-corrected chi connectivity index (χ4v) is 1.38. The van der Waals surface area contributed by atoms with Crippen LogP contribution in [0.1, 0.15) is 25.1 Å². The van der Waals surface area contributed by atoms with Crippen molar-refractivity contribution in [3.8, 4) is 0 Å². The van der Waals surface area contributed by atoms with Gasteiger partial charge in [0.1, 0.15) is 0 Å². The first kappa shape index (κ1) is 9.07. The largest absolute Gasteiger partial charge is 0.347 e. The minimum atomic E-state index is -0.663. The number of amides is 1. The van der Waals surface area contributed by atoms with Crippen LogP contribution in [0.15, 0.2) is 0 Å². The third-order valence-corrected chi connectivity index (χ3v) is 2.49. The molecule has 0 aromatic carbocycles. The summed E-state index contributed by atoms with van der Waals surface area (Å²) in [6, 6.07) is 0. The molecule has 0 saturated heterocycles. The van der Waals surface area contributed by atoms with E-state index in [9.17, 15) is 4.79 Å². The zero-order chi connectivity index (χ0) is 10.0. The highest BCUT2D eigenvalue weighted by Gasteiger charge is 2.39. The second-order valence-corrected chi connectivity index (χ2v) is 3.52. The van der Waals surface area contributed by atoms with Crippen LogP contribution in [0.3, 0.4) is 0 Å². The Morgan fingerprint density at radius 2 is 2.43 bits per heavy atom. The van der Waals surface area contributed by atoms with Gasteiger partial charge in [0.25, 0.3) is 0 Å². The molecule has 0 unspecified atom stereocenters. The summed E-state index contributed by atoms with van der Waals surface area (Å²) in [5.74, 6) is 0.329. The summed E-state index contributed by atoms with van der Waals surface area (Å²) in [7, 11) is 0. The summed E-state index contributed by atoms with van der Waals surface area (Å²) in [6.07, 6.45) is 2.53. The van der Waals surface area contributed by atoms with Gasteiger partial charge in [0, 0.05) is 0 Å². The van der Waals surface area contributed by atoms with E-state index in [-0.39, 0.29) is 12.5 Å². The molecule has 1 fully saturated rings. The Morgan fingerprint density at radius 3 is 2.93 bits per heavy atom. The molecule has 7 heteroatoms. The maximum Gasteiger partial charge on any atom is 0.240 e. The molecule has 14 heavy (non-hydrogen) atoms. The number of carbonyl (C=O) groups excluding carboxylic acids is 1. The molecule has 7 nitrogen and oxygen atoms in total. The molecule has 1 heterocycles. The van der Waals surface area contributed by atoms with Crippen LogP contribution in [0, 0.1) is 0 Å². The van der Waals surface area contributed by atoms with E-state index in [1.807, 2.05) is 0 Å². The van der Waals surface area contributed by atoms with Crippen molar-refractivity contribution < 1.29 is 4.79 Å². The molecule has 76 valence electrons. The summed E-state index contributed by atoms with van der Waals surface area (Å²) in [5, 5.41) is 15.8. The van der Waals surface area contributed by atoms with Crippen LogP contribution in [0.2, 0.25) is 0 Å². The Kier molecular flexibility index (Phi) is 2.16. The molecule has 2 rings (SSSR count). The molecule has 1 aromatic heterocycles. The molecule has 0 aliphatic heterocycles. The number of H-pyrrole nitrogens is 1. The quantitative estimate of drug-likeness (QED) is 0.556. The highest BCUT2D eigenvalue weighted by molar-refractivity contribution is 5.86. The van der Waals surface area contributed by atoms with Gasteiger partial charge in [-0.1, -0.05) is 5.21 Å². The lowest BCUT2D eigenvalue weighted by atomic mass is 9.77. The van der Waals surface area contributed by atoms with Gasteiger partial charge in [-0.2, -0.15) is 5.21 Å². The molecule has 4 N–H and O–H groups in total. The van der Waals surface area contributed by atoms with E-state index in [1.165, 1.54) is 0 Å². The minimum absolute atomic E-state index is 0.131. The summed E-state index contributed by atoms with van der Waals surface area (Å²) in [6.45, 7) is 0.272. The van der Waals surface area contributed by atoms with Crippen molar-refractivity contribution in [2.24, 2.45) is 5.73 Å². The predicted octanol–water partition coefficient (Wildman–Crippen LogP) is -1.30. The monoisotopic (exact) mass is 196 g/mol. The third-order valence-electron chi connectivity index (χ3n) is 2.49. The Bertz CT molecular complexity index is 317. The lowest BCUT2D eigenvalue weighted by Crippen LogP contribution is -2.58. The van der Waals surface area contributed by atoms with Gasteiger partial charge in [-0.25, -0.2) is 0 Å². The first-order chi connectivity index (χ1) is 6.71.